The van der Waals surface area contributed by atoms with Gasteiger partial charge in [-0.25, -0.2) is 4.79 Å². The number of benzene rings is 1. The van der Waals surface area contributed by atoms with Gasteiger partial charge in [-0.2, -0.15) is 0 Å². The van der Waals surface area contributed by atoms with Crippen molar-refractivity contribution in [2.45, 2.75) is 44.1 Å². The second kappa shape index (κ2) is 7.29. The van der Waals surface area contributed by atoms with Gasteiger partial charge in [-0.1, -0.05) is 25.0 Å². The molecule has 0 unspecified atom stereocenters. The minimum Gasteiger partial charge on any atom is -0.497 e. The molecule has 1 aliphatic carbocycles. The molecule has 0 radical (unpaired) electrons. The number of aryl methyl sites for hydroxylation is 1. The fourth-order valence-electron chi connectivity index (χ4n) is 2.97. The largest absolute Gasteiger partial charge is 0.497 e. The van der Waals surface area contributed by atoms with Gasteiger partial charge in [0.25, 0.3) is 0 Å². The lowest BCUT2D eigenvalue weighted by molar-refractivity contribution is -0.150. The van der Waals surface area contributed by atoms with Crippen LogP contribution < -0.4 is 10.1 Å². The van der Waals surface area contributed by atoms with Crippen LogP contribution in [0.25, 0.3) is 0 Å². The lowest BCUT2D eigenvalue weighted by Gasteiger charge is -2.27. The summed E-state index contributed by atoms with van der Waals surface area (Å²) in [6.07, 6.45) is 4.14. The van der Waals surface area contributed by atoms with E-state index in [1.54, 1.807) is 7.11 Å². The Bertz CT molecular complexity index is 535. The van der Waals surface area contributed by atoms with Gasteiger partial charge in [-0.05, 0) is 37.0 Å². The molecule has 5 heteroatoms. The first-order valence-corrected chi connectivity index (χ1v) is 7.62. The second-order valence-corrected chi connectivity index (χ2v) is 5.68. The van der Waals surface area contributed by atoms with E-state index in [4.69, 9.17) is 9.47 Å². The smallest absolute Gasteiger partial charge is 0.331 e. The van der Waals surface area contributed by atoms with Crippen LogP contribution in [0.5, 0.6) is 5.75 Å². The van der Waals surface area contributed by atoms with Crippen LogP contribution in [0.15, 0.2) is 24.3 Å². The molecule has 1 aromatic carbocycles. The summed E-state index contributed by atoms with van der Waals surface area (Å²) < 4.78 is 10.0. The van der Waals surface area contributed by atoms with Gasteiger partial charge in [0.05, 0.1) is 14.2 Å². The summed E-state index contributed by atoms with van der Waals surface area (Å²) in [7, 11) is 2.98. The number of amides is 1. The van der Waals surface area contributed by atoms with E-state index >= 15 is 0 Å². The quantitative estimate of drug-likeness (QED) is 0.819. The predicted molar refractivity (Wildman–Crippen MR) is 82.7 cm³/mol. The molecule has 0 spiro atoms. The van der Waals surface area contributed by atoms with Crippen molar-refractivity contribution in [3.05, 3.63) is 29.8 Å². The van der Waals surface area contributed by atoms with Crippen molar-refractivity contribution < 1.29 is 19.1 Å². The second-order valence-electron chi connectivity index (χ2n) is 5.68. The number of carbonyl (C=O) groups excluding carboxylic acids is 2. The van der Waals surface area contributed by atoms with Crippen molar-refractivity contribution in [1.29, 1.82) is 0 Å². The first kappa shape index (κ1) is 16.3. The van der Waals surface area contributed by atoms with Crippen LogP contribution in [0.4, 0.5) is 0 Å². The average Bonchev–Trinajstić information content (AvgIpc) is 3.02. The molecule has 120 valence electrons. The molecular formula is C17H23NO4. The van der Waals surface area contributed by atoms with Gasteiger partial charge < -0.3 is 14.8 Å². The Morgan fingerprint density at radius 2 is 1.95 bits per heavy atom. The van der Waals surface area contributed by atoms with Gasteiger partial charge in [-0.15, -0.1) is 0 Å². The molecular weight excluding hydrogens is 282 g/mol. The average molecular weight is 305 g/mol. The lowest BCUT2D eigenvalue weighted by Crippen LogP contribution is -2.53. The van der Waals surface area contributed by atoms with Crippen LogP contribution in [0, 0.1) is 0 Å². The van der Waals surface area contributed by atoms with E-state index in [-0.39, 0.29) is 11.9 Å². The molecule has 0 saturated heterocycles. The van der Waals surface area contributed by atoms with Gasteiger partial charge in [-0.3, -0.25) is 4.79 Å². The van der Waals surface area contributed by atoms with E-state index in [1.807, 2.05) is 24.3 Å². The fourth-order valence-corrected chi connectivity index (χ4v) is 2.97. The summed E-state index contributed by atoms with van der Waals surface area (Å²) >= 11 is 0. The Kier molecular flexibility index (Phi) is 5.41. The molecule has 0 heterocycles. The number of ether oxygens (including phenoxy) is 2. The molecule has 1 saturated carbocycles. The molecule has 1 aromatic rings. The minimum atomic E-state index is -0.819. The summed E-state index contributed by atoms with van der Waals surface area (Å²) in [5.74, 6) is 0.328. The topological polar surface area (TPSA) is 64.6 Å². The van der Waals surface area contributed by atoms with E-state index < -0.39 is 5.54 Å². The zero-order chi connectivity index (χ0) is 16.0. The Labute approximate surface area is 131 Å². The molecule has 1 amide bonds. The maximum absolute atomic E-state index is 12.2. The van der Waals surface area contributed by atoms with Crippen LogP contribution in [0.2, 0.25) is 0 Å². The molecule has 1 aliphatic rings. The molecule has 1 N–H and O–H groups in total. The minimum absolute atomic E-state index is 0.116. The third kappa shape index (κ3) is 3.78. The van der Waals surface area contributed by atoms with Crippen LogP contribution in [0.1, 0.15) is 37.7 Å². The Hall–Kier alpha value is -2.04. The third-order valence-electron chi connectivity index (χ3n) is 4.19. The van der Waals surface area contributed by atoms with Gasteiger partial charge >= 0.3 is 5.97 Å². The zero-order valence-electron chi connectivity index (χ0n) is 13.2. The maximum atomic E-state index is 12.2. The van der Waals surface area contributed by atoms with Crippen molar-refractivity contribution >= 4 is 11.9 Å². The normalized spacial score (nSPS) is 16.1. The van der Waals surface area contributed by atoms with Gasteiger partial charge in [0.1, 0.15) is 11.3 Å². The fraction of sp³-hybridized carbons (Fsp3) is 0.529. The highest BCUT2D eigenvalue weighted by molar-refractivity contribution is 5.88. The summed E-state index contributed by atoms with van der Waals surface area (Å²) in [6.45, 7) is 0. The standard InChI is InChI=1S/C17H23NO4/c1-21-14-7-5-6-13(12-14)8-9-15(19)18-17(16(20)22-2)10-3-4-11-17/h5-7,12H,3-4,8-11H2,1-2H3,(H,18,19). The number of hydrogen-bond acceptors (Lipinski definition) is 4. The highest BCUT2D eigenvalue weighted by atomic mass is 16.5. The van der Waals surface area contributed by atoms with Crippen molar-refractivity contribution in [2.75, 3.05) is 14.2 Å². The molecule has 0 aromatic heterocycles. The van der Waals surface area contributed by atoms with Crippen LogP contribution in [0.3, 0.4) is 0 Å². The van der Waals surface area contributed by atoms with Crippen LogP contribution in [-0.4, -0.2) is 31.6 Å². The number of carbonyl (C=O) groups is 2. The highest BCUT2D eigenvalue weighted by Gasteiger charge is 2.43. The van der Waals surface area contributed by atoms with Crippen molar-refractivity contribution in [2.24, 2.45) is 0 Å². The highest BCUT2D eigenvalue weighted by Crippen LogP contribution is 2.31. The number of hydrogen-bond donors (Lipinski definition) is 1. The van der Waals surface area contributed by atoms with E-state index in [2.05, 4.69) is 5.32 Å². The van der Waals surface area contributed by atoms with Gasteiger partial charge in [0.2, 0.25) is 5.91 Å². The molecule has 5 nitrogen and oxygen atoms in total. The monoisotopic (exact) mass is 305 g/mol. The molecule has 1 fully saturated rings. The summed E-state index contributed by atoms with van der Waals surface area (Å²) in [4.78, 5) is 24.2. The van der Waals surface area contributed by atoms with Crippen molar-refractivity contribution in [3.63, 3.8) is 0 Å². The van der Waals surface area contributed by atoms with Crippen molar-refractivity contribution in [1.82, 2.24) is 5.32 Å². The first-order valence-electron chi connectivity index (χ1n) is 7.62. The first-order chi connectivity index (χ1) is 10.6. The van der Waals surface area contributed by atoms with Crippen LogP contribution in [-0.2, 0) is 20.7 Å². The van der Waals surface area contributed by atoms with E-state index in [1.165, 1.54) is 7.11 Å². The Balaban J connectivity index is 1.93. The molecule has 0 atom stereocenters. The Morgan fingerprint density at radius 3 is 2.59 bits per heavy atom. The summed E-state index contributed by atoms with van der Waals surface area (Å²) in [6, 6.07) is 7.65. The number of nitrogens with one attached hydrogen (secondary N) is 1. The van der Waals surface area contributed by atoms with E-state index in [0.29, 0.717) is 25.7 Å². The maximum Gasteiger partial charge on any atom is 0.331 e. The van der Waals surface area contributed by atoms with E-state index in [9.17, 15) is 9.59 Å². The number of rotatable bonds is 6. The summed E-state index contributed by atoms with van der Waals surface area (Å²) in [5.41, 5.74) is 0.216. The predicted octanol–water partition coefficient (Wildman–Crippen LogP) is 2.23. The SMILES string of the molecule is COC(=O)C1(NC(=O)CCc2cccc(OC)c2)CCCC1. The van der Waals surface area contributed by atoms with Gasteiger partial charge in [0.15, 0.2) is 0 Å². The molecule has 0 aliphatic heterocycles. The molecule has 22 heavy (non-hydrogen) atoms. The number of esters is 1. The number of methoxy groups -OCH3 is 2. The van der Waals surface area contributed by atoms with E-state index in [0.717, 1.165) is 24.2 Å². The lowest BCUT2D eigenvalue weighted by atomic mass is 9.97. The van der Waals surface area contributed by atoms with Gasteiger partial charge in [0, 0.05) is 6.42 Å². The molecule has 2 rings (SSSR count). The van der Waals surface area contributed by atoms with Crippen LogP contribution >= 0.6 is 0 Å². The third-order valence-corrected chi connectivity index (χ3v) is 4.19. The Morgan fingerprint density at radius 1 is 1.23 bits per heavy atom. The zero-order valence-corrected chi connectivity index (χ0v) is 13.2. The summed E-state index contributed by atoms with van der Waals surface area (Å²) in [5, 5.41) is 2.90. The van der Waals surface area contributed by atoms with Crippen molar-refractivity contribution in [3.8, 4) is 5.75 Å². The molecule has 0 bridgehead atoms.